The average molecular weight is 473 g/mol. The number of anilines is 1. The molecule has 0 aromatic heterocycles. The number of carboxylic acids is 1. The highest BCUT2D eigenvalue weighted by atomic mass is 79.9. The molecule has 0 unspecified atom stereocenters. The van der Waals surface area contributed by atoms with Crippen LogP contribution in [0, 0.1) is 11.3 Å². The van der Waals surface area contributed by atoms with Gasteiger partial charge in [0.1, 0.15) is 17.4 Å². The zero-order valence-corrected chi connectivity index (χ0v) is 17.4. The Labute approximate surface area is 180 Å². The van der Waals surface area contributed by atoms with E-state index in [1.807, 2.05) is 6.07 Å². The van der Waals surface area contributed by atoms with Crippen molar-refractivity contribution in [2.75, 3.05) is 18.5 Å². The standard InChI is InChI=1S/C21H17BrN2O6/c1-2-29-21(28)14-4-6-16(7-5-14)24-20(27)15(11-23)9-13-3-8-18(17(22)10-13)30-12-19(25)26/h3-10H,2,12H2,1H3,(H,24,27)(H,25,26)/b15-9+. The Balaban J connectivity index is 2.11. The number of nitrogens with zero attached hydrogens (tertiary/aromatic N) is 1. The number of hydrogen-bond donors (Lipinski definition) is 2. The van der Waals surface area contributed by atoms with Gasteiger partial charge in [0.05, 0.1) is 16.6 Å². The van der Waals surface area contributed by atoms with Crippen molar-refractivity contribution in [1.29, 1.82) is 5.26 Å². The molecule has 0 aliphatic carbocycles. The fourth-order valence-electron chi connectivity index (χ4n) is 2.28. The third kappa shape index (κ3) is 6.46. The number of benzene rings is 2. The number of carbonyl (C=O) groups is 3. The summed E-state index contributed by atoms with van der Waals surface area (Å²) in [5.41, 5.74) is 1.15. The van der Waals surface area contributed by atoms with E-state index in [0.29, 0.717) is 27.0 Å². The lowest BCUT2D eigenvalue weighted by Crippen LogP contribution is -2.13. The van der Waals surface area contributed by atoms with Crippen LogP contribution < -0.4 is 10.1 Å². The minimum atomic E-state index is -1.11. The third-order valence-electron chi connectivity index (χ3n) is 3.64. The lowest BCUT2D eigenvalue weighted by molar-refractivity contribution is -0.139. The molecule has 2 N–H and O–H groups in total. The van der Waals surface area contributed by atoms with E-state index in [0.717, 1.165) is 0 Å². The number of halogens is 1. The number of rotatable bonds is 8. The lowest BCUT2D eigenvalue weighted by Gasteiger charge is -2.08. The normalized spacial score (nSPS) is 10.6. The minimum Gasteiger partial charge on any atom is -0.481 e. The number of amides is 1. The second kappa shape index (κ2) is 10.8. The number of hydrogen-bond acceptors (Lipinski definition) is 6. The maximum Gasteiger partial charge on any atom is 0.341 e. The second-order valence-corrected chi connectivity index (χ2v) is 6.65. The molecule has 0 saturated carbocycles. The quantitative estimate of drug-likeness (QED) is 0.341. The first-order chi connectivity index (χ1) is 14.3. The predicted molar refractivity (Wildman–Crippen MR) is 112 cm³/mol. The molecule has 154 valence electrons. The fraction of sp³-hybridized carbons (Fsp3) is 0.143. The van der Waals surface area contributed by atoms with Crippen LogP contribution in [0.1, 0.15) is 22.8 Å². The SMILES string of the molecule is CCOC(=O)c1ccc(NC(=O)/C(C#N)=C/c2ccc(OCC(=O)O)c(Br)c2)cc1. The van der Waals surface area contributed by atoms with Gasteiger partial charge in [0, 0.05) is 5.69 Å². The highest BCUT2D eigenvalue weighted by Crippen LogP contribution is 2.27. The second-order valence-electron chi connectivity index (χ2n) is 5.79. The van der Waals surface area contributed by atoms with Crippen LogP contribution in [0.3, 0.4) is 0 Å². The van der Waals surface area contributed by atoms with E-state index in [1.54, 1.807) is 19.1 Å². The summed E-state index contributed by atoms with van der Waals surface area (Å²) in [7, 11) is 0. The Morgan fingerprint density at radius 2 is 1.90 bits per heavy atom. The summed E-state index contributed by atoms with van der Waals surface area (Å²) in [6.07, 6.45) is 1.38. The maximum atomic E-state index is 12.4. The van der Waals surface area contributed by atoms with Gasteiger partial charge in [0.15, 0.2) is 6.61 Å². The van der Waals surface area contributed by atoms with E-state index >= 15 is 0 Å². The molecular formula is C21H17BrN2O6. The van der Waals surface area contributed by atoms with Crippen molar-refractivity contribution in [2.45, 2.75) is 6.92 Å². The van der Waals surface area contributed by atoms with Crippen molar-refractivity contribution in [3.63, 3.8) is 0 Å². The van der Waals surface area contributed by atoms with Gasteiger partial charge in [0.2, 0.25) is 0 Å². The van der Waals surface area contributed by atoms with Crippen molar-refractivity contribution in [1.82, 2.24) is 0 Å². The van der Waals surface area contributed by atoms with Crippen molar-refractivity contribution >= 4 is 45.5 Å². The summed E-state index contributed by atoms with van der Waals surface area (Å²) in [4.78, 5) is 34.6. The van der Waals surface area contributed by atoms with Gasteiger partial charge in [-0.15, -0.1) is 0 Å². The molecule has 2 aromatic carbocycles. The van der Waals surface area contributed by atoms with E-state index in [1.165, 1.54) is 36.4 Å². The summed E-state index contributed by atoms with van der Waals surface area (Å²) in [5.74, 6) is -1.87. The Morgan fingerprint density at radius 3 is 2.47 bits per heavy atom. The van der Waals surface area contributed by atoms with Crippen LogP contribution in [-0.4, -0.2) is 36.2 Å². The lowest BCUT2D eigenvalue weighted by atomic mass is 10.1. The number of esters is 1. The van der Waals surface area contributed by atoms with Crippen molar-refractivity contribution in [3.8, 4) is 11.8 Å². The van der Waals surface area contributed by atoms with Crippen LogP contribution >= 0.6 is 15.9 Å². The molecule has 0 spiro atoms. The van der Waals surface area contributed by atoms with Crippen LogP contribution in [-0.2, 0) is 14.3 Å². The van der Waals surface area contributed by atoms with Crippen molar-refractivity contribution < 1.29 is 29.0 Å². The monoisotopic (exact) mass is 472 g/mol. The van der Waals surface area contributed by atoms with Crippen LogP contribution in [0.2, 0.25) is 0 Å². The Hall–Kier alpha value is -3.64. The predicted octanol–water partition coefficient (Wildman–Crippen LogP) is 3.63. The van der Waals surface area contributed by atoms with Crippen molar-refractivity contribution in [2.24, 2.45) is 0 Å². The zero-order valence-electron chi connectivity index (χ0n) is 15.8. The molecule has 0 aliphatic rings. The summed E-state index contributed by atoms with van der Waals surface area (Å²) >= 11 is 3.26. The molecule has 9 heteroatoms. The van der Waals surface area contributed by atoms with E-state index in [-0.39, 0.29) is 12.2 Å². The van der Waals surface area contributed by atoms with Crippen LogP contribution in [0.25, 0.3) is 6.08 Å². The molecule has 0 aliphatic heterocycles. The summed E-state index contributed by atoms with van der Waals surface area (Å²) in [6, 6.07) is 12.6. The highest BCUT2D eigenvalue weighted by Gasteiger charge is 2.12. The van der Waals surface area contributed by atoms with Gasteiger partial charge in [-0.25, -0.2) is 9.59 Å². The number of nitriles is 1. The van der Waals surface area contributed by atoms with E-state index in [9.17, 15) is 19.6 Å². The van der Waals surface area contributed by atoms with Gasteiger partial charge >= 0.3 is 11.9 Å². The Bertz CT molecular complexity index is 1020. The highest BCUT2D eigenvalue weighted by molar-refractivity contribution is 9.10. The molecule has 30 heavy (non-hydrogen) atoms. The molecule has 0 radical (unpaired) electrons. The molecule has 0 fully saturated rings. The first-order valence-electron chi connectivity index (χ1n) is 8.68. The van der Waals surface area contributed by atoms with Crippen LogP contribution in [0.5, 0.6) is 5.75 Å². The average Bonchev–Trinajstić information content (AvgIpc) is 2.71. The fourth-order valence-corrected chi connectivity index (χ4v) is 2.79. The molecule has 0 bridgehead atoms. The number of nitrogens with one attached hydrogen (secondary N) is 1. The topological polar surface area (TPSA) is 126 Å². The number of carboxylic acid groups (broad SMARTS) is 1. The Kier molecular flexibility index (Phi) is 8.14. The molecule has 2 rings (SSSR count). The van der Waals surface area contributed by atoms with E-state index in [2.05, 4.69) is 21.2 Å². The van der Waals surface area contributed by atoms with Gasteiger partial charge < -0.3 is 19.9 Å². The number of aliphatic carboxylic acids is 1. The maximum absolute atomic E-state index is 12.4. The number of carbonyl (C=O) groups excluding carboxylic acids is 2. The molecule has 1 amide bonds. The van der Waals surface area contributed by atoms with Crippen LogP contribution in [0.15, 0.2) is 52.5 Å². The molecule has 0 atom stereocenters. The molecule has 0 saturated heterocycles. The summed E-state index contributed by atoms with van der Waals surface area (Å²) < 4.78 is 10.5. The number of ether oxygens (including phenoxy) is 2. The van der Waals surface area contributed by atoms with E-state index < -0.39 is 24.5 Å². The van der Waals surface area contributed by atoms with Gasteiger partial charge in [-0.3, -0.25) is 4.79 Å². The third-order valence-corrected chi connectivity index (χ3v) is 4.26. The molecule has 8 nitrogen and oxygen atoms in total. The summed E-state index contributed by atoms with van der Waals surface area (Å²) in [6.45, 7) is 1.47. The van der Waals surface area contributed by atoms with Gasteiger partial charge in [-0.1, -0.05) is 6.07 Å². The smallest absolute Gasteiger partial charge is 0.341 e. The summed E-state index contributed by atoms with van der Waals surface area (Å²) in [5, 5.41) is 20.6. The first kappa shape index (κ1) is 22.6. The minimum absolute atomic E-state index is 0.143. The van der Waals surface area contributed by atoms with Gasteiger partial charge in [0.25, 0.3) is 5.91 Å². The van der Waals surface area contributed by atoms with Gasteiger partial charge in [-0.2, -0.15) is 5.26 Å². The van der Waals surface area contributed by atoms with Gasteiger partial charge in [-0.05, 0) is 70.9 Å². The Morgan fingerprint density at radius 1 is 1.20 bits per heavy atom. The van der Waals surface area contributed by atoms with Crippen LogP contribution in [0.4, 0.5) is 5.69 Å². The van der Waals surface area contributed by atoms with E-state index in [4.69, 9.17) is 14.6 Å². The molecule has 2 aromatic rings. The van der Waals surface area contributed by atoms with Crippen molar-refractivity contribution in [3.05, 3.63) is 63.6 Å². The first-order valence-corrected chi connectivity index (χ1v) is 9.47. The molecular weight excluding hydrogens is 456 g/mol. The zero-order chi connectivity index (χ0) is 22.1. The largest absolute Gasteiger partial charge is 0.481 e. The molecule has 0 heterocycles.